The first kappa shape index (κ1) is 19.6. The van der Waals surface area contributed by atoms with E-state index in [4.69, 9.17) is 22.8 Å². The molecular weight excluding hydrogens is 374 g/mol. The Bertz CT molecular complexity index is 998. The smallest absolute Gasteiger partial charge is 0.336 e. The van der Waals surface area contributed by atoms with Gasteiger partial charge >= 0.3 is 5.97 Å². The molecule has 0 saturated heterocycles. The van der Waals surface area contributed by atoms with Gasteiger partial charge in [0.25, 0.3) is 0 Å². The van der Waals surface area contributed by atoms with E-state index in [-0.39, 0.29) is 24.7 Å². The highest BCUT2D eigenvalue weighted by atomic mass is 35.5. The van der Waals surface area contributed by atoms with Gasteiger partial charge in [-0.1, -0.05) is 54.1 Å². The summed E-state index contributed by atoms with van der Waals surface area (Å²) in [7, 11) is 0. The largest absolute Gasteiger partial charge is 0.457 e. The average Bonchev–Trinajstić information content (AvgIpc) is 2.72. The fraction of sp³-hybridized carbons (Fsp3) is 0.174. The van der Waals surface area contributed by atoms with Crippen LogP contribution in [0.25, 0.3) is 0 Å². The number of nitrogens with zero attached hydrogens (tertiary/aromatic N) is 1. The number of benzene rings is 2. The molecule has 0 radical (unpaired) electrons. The predicted octanol–water partition coefficient (Wildman–Crippen LogP) is 4.49. The number of allylic oxidation sites excluding steroid dienone is 1. The molecule has 2 aromatic rings. The maximum atomic E-state index is 12.9. The van der Waals surface area contributed by atoms with Crippen molar-refractivity contribution in [2.75, 3.05) is 0 Å². The van der Waals surface area contributed by atoms with Crippen molar-refractivity contribution in [3.8, 4) is 12.3 Å². The molecule has 2 aromatic carbocycles. The predicted molar refractivity (Wildman–Crippen MR) is 109 cm³/mol. The highest BCUT2D eigenvalue weighted by molar-refractivity contribution is 6.46. The van der Waals surface area contributed by atoms with Gasteiger partial charge in [0.05, 0.1) is 11.3 Å². The van der Waals surface area contributed by atoms with Crippen molar-refractivity contribution in [2.45, 2.75) is 25.9 Å². The first-order chi connectivity index (χ1) is 13.5. The molecule has 1 unspecified atom stereocenters. The molecule has 1 aliphatic heterocycles. The van der Waals surface area contributed by atoms with Crippen LogP contribution in [0.1, 0.15) is 30.4 Å². The van der Waals surface area contributed by atoms with Crippen molar-refractivity contribution in [3.05, 3.63) is 82.0 Å². The third-order valence-corrected chi connectivity index (χ3v) is 4.79. The van der Waals surface area contributed by atoms with E-state index in [1.165, 1.54) is 0 Å². The number of carbonyl (C=O) groups excluding carboxylic acids is 2. The molecule has 0 amide bonds. The van der Waals surface area contributed by atoms with E-state index in [2.05, 4.69) is 10.9 Å². The summed E-state index contributed by atoms with van der Waals surface area (Å²) < 4.78 is 5.52. The first-order valence-electron chi connectivity index (χ1n) is 8.75. The maximum absolute atomic E-state index is 12.9. The van der Waals surface area contributed by atoms with E-state index in [1.807, 2.05) is 42.5 Å². The van der Waals surface area contributed by atoms with Crippen LogP contribution in [0, 0.1) is 12.3 Å². The molecule has 1 aliphatic rings. The fourth-order valence-electron chi connectivity index (χ4n) is 3.15. The lowest BCUT2D eigenvalue weighted by Gasteiger charge is -2.25. The normalized spacial score (nSPS) is 16.2. The van der Waals surface area contributed by atoms with Crippen molar-refractivity contribution in [2.24, 2.45) is 4.99 Å². The van der Waals surface area contributed by atoms with Gasteiger partial charge in [-0.2, -0.15) is 0 Å². The molecule has 0 N–H and O–H groups in total. The zero-order chi connectivity index (χ0) is 20.1. The van der Waals surface area contributed by atoms with Crippen LogP contribution in [0.15, 0.2) is 70.9 Å². The second-order valence-electron chi connectivity index (χ2n) is 6.40. The average molecular weight is 392 g/mol. The van der Waals surface area contributed by atoms with E-state index in [9.17, 15) is 9.59 Å². The summed E-state index contributed by atoms with van der Waals surface area (Å²) in [6.07, 6.45) is 5.49. The van der Waals surface area contributed by atoms with Crippen molar-refractivity contribution < 1.29 is 14.3 Å². The van der Waals surface area contributed by atoms with E-state index in [0.717, 1.165) is 11.1 Å². The highest BCUT2D eigenvalue weighted by Gasteiger charge is 2.32. The zero-order valence-corrected chi connectivity index (χ0v) is 16.1. The van der Waals surface area contributed by atoms with E-state index >= 15 is 0 Å². The number of halogens is 1. The SMILES string of the molecule is C#CC(=O)C1=NC(C)=C(C(=O)OCc2ccccc2)C(c2ccc(Cl)cc2)C1. The Morgan fingerprint density at radius 2 is 1.86 bits per heavy atom. The minimum absolute atomic E-state index is 0.156. The molecule has 28 heavy (non-hydrogen) atoms. The second kappa shape index (κ2) is 8.69. The number of Topliss-reactive ketones (excluding diaryl/α,β-unsaturated/α-hetero) is 1. The molecule has 3 rings (SSSR count). The van der Waals surface area contributed by atoms with Crippen LogP contribution in [0.3, 0.4) is 0 Å². The van der Waals surface area contributed by atoms with E-state index < -0.39 is 11.8 Å². The Labute approximate surface area is 168 Å². The molecule has 1 heterocycles. The van der Waals surface area contributed by atoms with Crippen LogP contribution in [0.5, 0.6) is 0 Å². The van der Waals surface area contributed by atoms with Gasteiger partial charge in [0.15, 0.2) is 0 Å². The van der Waals surface area contributed by atoms with Gasteiger partial charge in [-0.05, 0) is 36.1 Å². The quantitative estimate of drug-likeness (QED) is 0.428. The van der Waals surface area contributed by atoms with Crippen LogP contribution in [-0.4, -0.2) is 17.5 Å². The zero-order valence-electron chi connectivity index (χ0n) is 15.3. The minimum atomic E-state index is -0.477. The summed E-state index contributed by atoms with van der Waals surface area (Å²) in [4.78, 5) is 29.2. The molecule has 0 fully saturated rings. The maximum Gasteiger partial charge on any atom is 0.336 e. The summed E-state index contributed by atoms with van der Waals surface area (Å²) in [6.45, 7) is 1.84. The second-order valence-corrected chi connectivity index (χ2v) is 6.84. The van der Waals surface area contributed by atoms with E-state index in [1.54, 1.807) is 19.1 Å². The molecule has 140 valence electrons. The number of esters is 1. The van der Waals surface area contributed by atoms with Gasteiger partial charge in [0, 0.05) is 23.1 Å². The molecule has 0 aromatic heterocycles. The number of aliphatic imine (C=N–C) groups is 1. The van der Waals surface area contributed by atoms with E-state index in [0.29, 0.717) is 16.3 Å². The van der Waals surface area contributed by atoms with Crippen molar-refractivity contribution in [1.29, 1.82) is 0 Å². The van der Waals surface area contributed by atoms with Crippen LogP contribution in [-0.2, 0) is 20.9 Å². The monoisotopic (exact) mass is 391 g/mol. The number of ether oxygens (including phenoxy) is 1. The Hall–Kier alpha value is -3.16. The number of terminal acetylenes is 1. The van der Waals surface area contributed by atoms with Crippen molar-refractivity contribution >= 4 is 29.1 Å². The van der Waals surface area contributed by atoms with Gasteiger partial charge in [0.2, 0.25) is 5.78 Å². The molecule has 4 nitrogen and oxygen atoms in total. The number of rotatable bonds is 5. The summed E-state index contributed by atoms with van der Waals surface area (Å²) in [6, 6.07) is 16.6. The lowest BCUT2D eigenvalue weighted by molar-refractivity contribution is -0.140. The molecule has 5 heteroatoms. The van der Waals surface area contributed by atoms with Crippen LogP contribution in [0.2, 0.25) is 5.02 Å². The van der Waals surface area contributed by atoms with Gasteiger partial charge in [-0.25, -0.2) is 4.79 Å². The third kappa shape index (κ3) is 4.39. The van der Waals surface area contributed by atoms with Crippen molar-refractivity contribution in [3.63, 3.8) is 0 Å². The Balaban J connectivity index is 1.93. The van der Waals surface area contributed by atoms with Gasteiger partial charge in [-0.15, -0.1) is 6.42 Å². The Morgan fingerprint density at radius 1 is 1.18 bits per heavy atom. The van der Waals surface area contributed by atoms with Crippen molar-refractivity contribution in [1.82, 2.24) is 0 Å². The number of ketones is 1. The fourth-order valence-corrected chi connectivity index (χ4v) is 3.28. The van der Waals surface area contributed by atoms with Gasteiger partial charge in [0.1, 0.15) is 6.61 Å². The highest BCUT2D eigenvalue weighted by Crippen LogP contribution is 2.36. The Kier molecular flexibility index (Phi) is 6.08. The molecule has 1 atom stereocenters. The summed E-state index contributed by atoms with van der Waals surface area (Å²) in [5.41, 5.74) is 2.85. The summed E-state index contributed by atoms with van der Waals surface area (Å²) >= 11 is 5.99. The lowest BCUT2D eigenvalue weighted by atomic mass is 9.83. The molecule has 0 spiro atoms. The molecular formula is C23H18ClNO3. The molecule has 0 aliphatic carbocycles. The minimum Gasteiger partial charge on any atom is -0.457 e. The number of carbonyl (C=O) groups is 2. The number of hydrogen-bond acceptors (Lipinski definition) is 4. The van der Waals surface area contributed by atoms with Crippen LogP contribution >= 0.6 is 11.6 Å². The molecule has 0 bridgehead atoms. The molecule has 0 saturated carbocycles. The van der Waals surface area contributed by atoms with Crippen LogP contribution < -0.4 is 0 Å². The number of hydrogen-bond donors (Lipinski definition) is 0. The summed E-state index contributed by atoms with van der Waals surface area (Å²) in [5, 5.41) is 0.585. The van der Waals surface area contributed by atoms with Gasteiger partial charge in [-0.3, -0.25) is 9.79 Å². The van der Waals surface area contributed by atoms with Crippen LogP contribution in [0.4, 0.5) is 0 Å². The Morgan fingerprint density at radius 3 is 2.50 bits per heavy atom. The summed E-state index contributed by atoms with van der Waals surface area (Å²) in [5.74, 6) is 0.776. The lowest BCUT2D eigenvalue weighted by Crippen LogP contribution is -2.26. The third-order valence-electron chi connectivity index (χ3n) is 4.54. The topological polar surface area (TPSA) is 55.7 Å². The first-order valence-corrected chi connectivity index (χ1v) is 9.13. The standard InChI is InChI=1S/C23H18ClNO3/c1-3-21(26)20-13-19(17-9-11-18(24)12-10-17)22(15(2)25-20)23(27)28-14-16-7-5-4-6-8-16/h1,4-12,19H,13-14H2,2H3. The van der Waals surface area contributed by atoms with Gasteiger partial charge < -0.3 is 4.74 Å².